The minimum atomic E-state index is -0.276. The zero-order chi connectivity index (χ0) is 22.1. The molecule has 5 rings (SSSR count). The number of imidazole rings is 1. The standard InChI is InChI=1S/C23H21ClN4O4/c1-27-20(12-15-3-8-18-19(11-15)31-14-30-18)26-23(21(29-2)22(27)24)32-17-6-4-16(5-7-17)28-10-9-25-13-28/h3-11,13,20H,12,14H2,1-2H3. The molecule has 0 radical (unpaired) electrons. The molecule has 1 unspecified atom stereocenters. The largest absolute Gasteiger partial charge is 0.489 e. The first-order valence-electron chi connectivity index (χ1n) is 10.0. The normalized spacial score (nSPS) is 17.4. The molecule has 2 aliphatic rings. The molecule has 0 spiro atoms. The minimum absolute atomic E-state index is 0.240. The van der Waals surface area contributed by atoms with E-state index < -0.39 is 0 Å². The van der Waals surface area contributed by atoms with Gasteiger partial charge in [0.1, 0.15) is 11.9 Å². The van der Waals surface area contributed by atoms with Gasteiger partial charge in [0.25, 0.3) is 5.90 Å². The summed E-state index contributed by atoms with van der Waals surface area (Å²) in [6, 6.07) is 13.5. The number of ether oxygens (including phenoxy) is 4. The van der Waals surface area contributed by atoms with E-state index >= 15 is 0 Å². The predicted octanol–water partition coefficient (Wildman–Crippen LogP) is 3.95. The van der Waals surface area contributed by atoms with Gasteiger partial charge in [-0.05, 0) is 42.0 Å². The van der Waals surface area contributed by atoms with E-state index in [1.807, 2.05) is 65.2 Å². The maximum atomic E-state index is 6.61. The van der Waals surface area contributed by atoms with Crippen LogP contribution in [0.4, 0.5) is 0 Å². The molecule has 0 bridgehead atoms. The van der Waals surface area contributed by atoms with Crippen LogP contribution < -0.4 is 14.2 Å². The zero-order valence-corrected chi connectivity index (χ0v) is 18.3. The summed E-state index contributed by atoms with van der Waals surface area (Å²) in [5.41, 5.74) is 2.02. The maximum absolute atomic E-state index is 6.61. The zero-order valence-electron chi connectivity index (χ0n) is 17.6. The van der Waals surface area contributed by atoms with Crippen LogP contribution in [0.2, 0.25) is 0 Å². The lowest BCUT2D eigenvalue weighted by Gasteiger charge is -2.32. The molecule has 1 atom stereocenters. The number of hydrogen-bond donors (Lipinski definition) is 0. The first kappa shape index (κ1) is 20.3. The Morgan fingerprint density at radius 3 is 2.69 bits per heavy atom. The number of aliphatic imine (C=N–C) groups is 1. The molecule has 0 fully saturated rings. The van der Waals surface area contributed by atoms with E-state index in [1.165, 1.54) is 0 Å². The van der Waals surface area contributed by atoms with Gasteiger partial charge in [0.05, 0.1) is 13.4 Å². The third-order valence-corrected chi connectivity index (χ3v) is 5.76. The van der Waals surface area contributed by atoms with Gasteiger partial charge in [0.2, 0.25) is 12.6 Å². The highest BCUT2D eigenvalue weighted by Gasteiger charge is 2.30. The second-order valence-electron chi connectivity index (χ2n) is 7.31. The molecule has 0 amide bonds. The Bertz CT molecular complexity index is 1180. The topological polar surface area (TPSA) is 70.3 Å². The minimum Gasteiger partial charge on any atom is -0.489 e. The summed E-state index contributed by atoms with van der Waals surface area (Å²) in [6.45, 7) is 0.240. The van der Waals surface area contributed by atoms with Crippen molar-refractivity contribution < 1.29 is 18.9 Å². The Labute approximate surface area is 190 Å². The number of methoxy groups -OCH3 is 1. The Kier molecular flexibility index (Phi) is 5.36. The van der Waals surface area contributed by atoms with Crippen molar-refractivity contribution in [2.24, 2.45) is 4.99 Å². The Morgan fingerprint density at radius 2 is 1.94 bits per heavy atom. The fourth-order valence-corrected chi connectivity index (χ4v) is 3.85. The highest BCUT2D eigenvalue weighted by Crippen LogP contribution is 2.34. The number of fused-ring (bicyclic) bond motifs is 1. The molecule has 3 aromatic rings. The molecule has 0 aliphatic carbocycles. The summed E-state index contributed by atoms with van der Waals surface area (Å²) in [6.07, 6.45) is 5.68. The van der Waals surface area contributed by atoms with Crippen LogP contribution in [0.5, 0.6) is 17.2 Å². The van der Waals surface area contributed by atoms with Crippen molar-refractivity contribution in [3.05, 3.63) is 77.7 Å². The Balaban J connectivity index is 1.38. The number of hydrogen-bond acceptors (Lipinski definition) is 7. The Hall–Kier alpha value is -3.65. The molecule has 2 aromatic carbocycles. The number of rotatable bonds is 5. The van der Waals surface area contributed by atoms with Crippen LogP contribution in [-0.4, -0.2) is 47.5 Å². The lowest BCUT2D eigenvalue weighted by Crippen LogP contribution is -2.37. The third-order valence-electron chi connectivity index (χ3n) is 5.32. The smallest absolute Gasteiger partial charge is 0.263 e. The highest BCUT2D eigenvalue weighted by atomic mass is 35.5. The number of aromatic nitrogens is 2. The second-order valence-corrected chi connectivity index (χ2v) is 7.67. The van der Waals surface area contributed by atoms with Gasteiger partial charge in [0, 0.05) is 31.5 Å². The monoisotopic (exact) mass is 452 g/mol. The van der Waals surface area contributed by atoms with Crippen molar-refractivity contribution in [1.82, 2.24) is 14.5 Å². The van der Waals surface area contributed by atoms with Crippen molar-refractivity contribution in [3.8, 4) is 22.9 Å². The average Bonchev–Trinajstić information content (AvgIpc) is 3.50. The number of benzene rings is 2. The number of nitrogens with zero attached hydrogens (tertiary/aromatic N) is 4. The van der Waals surface area contributed by atoms with E-state index in [4.69, 9.17) is 35.5 Å². The summed E-state index contributed by atoms with van der Waals surface area (Å²) >= 11 is 6.61. The first-order valence-corrected chi connectivity index (χ1v) is 10.4. The van der Waals surface area contributed by atoms with E-state index in [9.17, 15) is 0 Å². The van der Waals surface area contributed by atoms with Crippen molar-refractivity contribution >= 4 is 17.5 Å². The van der Waals surface area contributed by atoms with Crippen molar-refractivity contribution in [1.29, 1.82) is 0 Å². The summed E-state index contributed by atoms with van der Waals surface area (Å²) in [5.74, 6) is 2.82. The van der Waals surface area contributed by atoms with Crippen LogP contribution in [0.1, 0.15) is 5.56 Å². The fourth-order valence-electron chi connectivity index (χ4n) is 3.58. The summed E-state index contributed by atoms with van der Waals surface area (Å²) < 4.78 is 24.4. The van der Waals surface area contributed by atoms with Gasteiger partial charge >= 0.3 is 0 Å². The highest BCUT2D eigenvalue weighted by molar-refractivity contribution is 6.31. The van der Waals surface area contributed by atoms with E-state index in [0.29, 0.717) is 29.0 Å². The van der Waals surface area contributed by atoms with Crippen LogP contribution >= 0.6 is 11.6 Å². The van der Waals surface area contributed by atoms with Crippen molar-refractivity contribution in [2.75, 3.05) is 21.0 Å². The molecule has 2 aliphatic heterocycles. The van der Waals surface area contributed by atoms with E-state index in [2.05, 4.69) is 4.98 Å². The molecule has 164 valence electrons. The molecule has 0 N–H and O–H groups in total. The molecule has 9 heteroatoms. The lowest BCUT2D eigenvalue weighted by atomic mass is 10.1. The molecule has 0 saturated carbocycles. The van der Waals surface area contributed by atoms with Crippen LogP contribution in [0, 0.1) is 0 Å². The molecule has 0 saturated heterocycles. The predicted molar refractivity (Wildman–Crippen MR) is 119 cm³/mol. The second kappa shape index (κ2) is 8.47. The van der Waals surface area contributed by atoms with Crippen LogP contribution in [-0.2, 0) is 11.2 Å². The third kappa shape index (κ3) is 3.85. The van der Waals surface area contributed by atoms with Gasteiger partial charge < -0.3 is 28.4 Å². The van der Waals surface area contributed by atoms with Crippen molar-refractivity contribution in [3.63, 3.8) is 0 Å². The molecule has 32 heavy (non-hydrogen) atoms. The SMILES string of the molecule is COC1=C(Cl)N(C)C(Cc2ccc3c(c2)OCO3)N=C1Oc1ccc(-n2ccnc2)cc1. The quantitative estimate of drug-likeness (QED) is 0.546. The van der Waals surface area contributed by atoms with E-state index in [-0.39, 0.29) is 13.0 Å². The van der Waals surface area contributed by atoms with Gasteiger partial charge in [-0.2, -0.15) is 0 Å². The number of likely N-dealkylation sites (N-methyl/N-ethyl adjacent to an activating group) is 1. The van der Waals surface area contributed by atoms with E-state index in [0.717, 1.165) is 22.7 Å². The molecule has 8 nitrogen and oxygen atoms in total. The summed E-state index contributed by atoms with van der Waals surface area (Å²) in [4.78, 5) is 10.7. The van der Waals surface area contributed by atoms with Crippen LogP contribution in [0.3, 0.4) is 0 Å². The van der Waals surface area contributed by atoms with Crippen molar-refractivity contribution in [2.45, 2.75) is 12.6 Å². The summed E-state index contributed by atoms with van der Waals surface area (Å²) in [7, 11) is 3.42. The fraction of sp³-hybridized carbons (Fsp3) is 0.217. The maximum Gasteiger partial charge on any atom is 0.263 e. The average molecular weight is 453 g/mol. The lowest BCUT2D eigenvalue weighted by molar-refractivity contribution is 0.174. The van der Waals surface area contributed by atoms with Gasteiger partial charge in [-0.25, -0.2) is 9.98 Å². The summed E-state index contributed by atoms with van der Waals surface area (Å²) in [5, 5.41) is 0.429. The molecular weight excluding hydrogens is 432 g/mol. The van der Waals surface area contributed by atoms with Gasteiger partial charge in [-0.15, -0.1) is 0 Å². The number of halogens is 1. The van der Waals surface area contributed by atoms with Gasteiger partial charge in [-0.3, -0.25) is 0 Å². The molecular formula is C23H21ClN4O4. The van der Waals surface area contributed by atoms with Gasteiger partial charge in [-0.1, -0.05) is 17.7 Å². The van der Waals surface area contributed by atoms with Gasteiger partial charge in [0.15, 0.2) is 16.7 Å². The molecule has 1 aromatic heterocycles. The van der Waals surface area contributed by atoms with Crippen LogP contribution in [0.25, 0.3) is 5.69 Å². The first-order chi connectivity index (χ1) is 15.6. The van der Waals surface area contributed by atoms with E-state index in [1.54, 1.807) is 19.6 Å². The van der Waals surface area contributed by atoms with Crippen LogP contribution in [0.15, 0.2) is 77.1 Å². The molecule has 3 heterocycles. The Morgan fingerprint density at radius 1 is 1.12 bits per heavy atom.